The molecule has 0 saturated carbocycles. The van der Waals surface area contributed by atoms with E-state index in [0.717, 1.165) is 11.0 Å². The Morgan fingerprint density at radius 3 is 2.32 bits per heavy atom. The number of nitrogens with two attached hydrogens (primary N) is 1. The van der Waals surface area contributed by atoms with Crippen molar-refractivity contribution in [2.75, 3.05) is 4.90 Å². The molecule has 3 aromatic carbocycles. The number of anilines is 2. The first-order chi connectivity index (χ1) is 14.7. The average molecular weight is 446 g/mol. The number of alkyl halides is 3. The van der Waals surface area contributed by atoms with E-state index in [2.05, 4.69) is 5.32 Å². The summed E-state index contributed by atoms with van der Waals surface area (Å²) in [6, 6.07) is 13.3. The lowest BCUT2D eigenvalue weighted by molar-refractivity contribution is -0.137. The van der Waals surface area contributed by atoms with Crippen LogP contribution in [0.4, 0.5) is 29.3 Å². The maximum absolute atomic E-state index is 14.0. The van der Waals surface area contributed by atoms with Crippen LogP contribution >= 0.6 is 11.6 Å². The molecule has 1 aliphatic heterocycles. The number of fused-ring (bicyclic) bond motifs is 1. The van der Waals surface area contributed by atoms with E-state index in [0.29, 0.717) is 21.7 Å². The van der Waals surface area contributed by atoms with Crippen molar-refractivity contribution in [1.82, 2.24) is 5.32 Å². The van der Waals surface area contributed by atoms with Crippen LogP contribution in [0, 0.1) is 0 Å². The first kappa shape index (κ1) is 20.7. The summed E-state index contributed by atoms with van der Waals surface area (Å²) in [5, 5.41) is 2.92. The highest BCUT2D eigenvalue weighted by Crippen LogP contribution is 2.42. The molecule has 0 saturated heterocycles. The molecule has 0 bridgehead atoms. The molecule has 3 N–H and O–H groups in total. The topological polar surface area (TPSA) is 75.4 Å². The number of hydrogen-bond acceptors (Lipinski definition) is 2. The van der Waals surface area contributed by atoms with Crippen molar-refractivity contribution in [2.45, 2.75) is 12.7 Å². The molecule has 31 heavy (non-hydrogen) atoms. The Balaban J connectivity index is 1.90. The molecule has 0 unspecified atom stereocenters. The highest BCUT2D eigenvalue weighted by atomic mass is 35.5. The molecule has 1 aliphatic rings. The van der Waals surface area contributed by atoms with E-state index in [1.165, 1.54) is 36.4 Å². The third-order valence-electron chi connectivity index (χ3n) is 4.99. The van der Waals surface area contributed by atoms with Crippen molar-refractivity contribution < 1.29 is 22.8 Å². The number of nitrogens with zero attached hydrogens (tertiary/aromatic N) is 1. The van der Waals surface area contributed by atoms with Crippen LogP contribution in [0.25, 0.3) is 11.1 Å². The van der Waals surface area contributed by atoms with Crippen LogP contribution in [0.5, 0.6) is 0 Å². The van der Waals surface area contributed by atoms with Gasteiger partial charge in [0.15, 0.2) is 0 Å². The highest BCUT2D eigenvalue weighted by molar-refractivity contribution is 6.31. The van der Waals surface area contributed by atoms with Crippen LogP contribution in [0.2, 0.25) is 5.02 Å². The number of urea groups is 1. The number of hydrogen-bond donors (Lipinski definition) is 2. The zero-order valence-corrected chi connectivity index (χ0v) is 16.6. The van der Waals surface area contributed by atoms with Crippen LogP contribution < -0.4 is 16.0 Å². The van der Waals surface area contributed by atoms with Gasteiger partial charge in [-0.2, -0.15) is 13.2 Å². The van der Waals surface area contributed by atoms with Gasteiger partial charge in [0.2, 0.25) is 0 Å². The van der Waals surface area contributed by atoms with Gasteiger partial charge in [-0.3, -0.25) is 9.69 Å². The van der Waals surface area contributed by atoms with Gasteiger partial charge in [-0.15, -0.1) is 0 Å². The molecule has 0 aromatic heterocycles. The molecule has 0 atom stereocenters. The van der Waals surface area contributed by atoms with Gasteiger partial charge in [-0.1, -0.05) is 35.9 Å². The van der Waals surface area contributed by atoms with E-state index in [9.17, 15) is 22.8 Å². The molecule has 1 heterocycles. The van der Waals surface area contributed by atoms with Crippen LogP contribution in [0.15, 0.2) is 60.7 Å². The monoisotopic (exact) mass is 445 g/mol. The Kier molecular flexibility index (Phi) is 5.10. The van der Waals surface area contributed by atoms with Gasteiger partial charge >= 0.3 is 12.2 Å². The molecule has 3 amide bonds. The first-order valence-corrected chi connectivity index (χ1v) is 9.51. The number of benzene rings is 3. The van der Waals surface area contributed by atoms with Gasteiger partial charge in [-0.25, -0.2) is 4.79 Å². The second-order valence-corrected chi connectivity index (χ2v) is 7.33. The van der Waals surface area contributed by atoms with E-state index >= 15 is 0 Å². The van der Waals surface area contributed by atoms with Crippen molar-refractivity contribution in [3.05, 3.63) is 82.4 Å². The summed E-state index contributed by atoms with van der Waals surface area (Å²) < 4.78 is 42.1. The lowest BCUT2D eigenvalue weighted by atomic mass is 9.92. The van der Waals surface area contributed by atoms with E-state index < -0.39 is 17.8 Å². The largest absolute Gasteiger partial charge is 0.417 e. The molecule has 0 fully saturated rings. The molecule has 5 nitrogen and oxygen atoms in total. The van der Waals surface area contributed by atoms with Crippen molar-refractivity contribution in [2.24, 2.45) is 5.73 Å². The fraction of sp³-hybridized carbons (Fsp3) is 0.0909. The predicted molar refractivity (Wildman–Crippen MR) is 111 cm³/mol. The maximum atomic E-state index is 14.0. The van der Waals surface area contributed by atoms with Crippen LogP contribution in [-0.2, 0) is 12.7 Å². The fourth-order valence-corrected chi connectivity index (χ4v) is 3.85. The number of rotatable bonds is 3. The van der Waals surface area contributed by atoms with Crippen LogP contribution in [0.3, 0.4) is 0 Å². The number of carbonyl (C=O) groups excluding carboxylic acids is 2. The molecule has 0 radical (unpaired) electrons. The van der Waals surface area contributed by atoms with Crippen molar-refractivity contribution >= 4 is 34.9 Å². The van der Waals surface area contributed by atoms with Gasteiger partial charge < -0.3 is 11.1 Å². The standard InChI is InChI=1S/C22H15ClF3N3O2/c23-12-3-1-4-13(9-12)29(21(27)31)14-7-8-16(19(10-14)22(24,25)26)15-5-2-6-17-18(15)11-28-20(17)30/h1-10H,11H2,(H2,27,31)(H,28,30). The summed E-state index contributed by atoms with van der Waals surface area (Å²) in [6.07, 6.45) is -4.72. The highest BCUT2D eigenvalue weighted by Gasteiger charge is 2.36. The first-order valence-electron chi connectivity index (χ1n) is 9.13. The summed E-state index contributed by atoms with van der Waals surface area (Å²) in [4.78, 5) is 25.0. The van der Waals surface area contributed by atoms with Crippen LogP contribution in [-0.4, -0.2) is 11.9 Å². The van der Waals surface area contributed by atoms with Crippen molar-refractivity contribution in [1.29, 1.82) is 0 Å². The fourth-order valence-electron chi connectivity index (χ4n) is 3.67. The summed E-state index contributed by atoms with van der Waals surface area (Å²) in [5.74, 6) is -0.331. The molecule has 158 valence electrons. The predicted octanol–water partition coefficient (Wildman–Crippen LogP) is 5.49. The summed E-state index contributed by atoms with van der Waals surface area (Å²) in [5.41, 5.74) is 5.71. The van der Waals surface area contributed by atoms with Gasteiger partial charge in [-0.05, 0) is 53.1 Å². The van der Waals surface area contributed by atoms with Gasteiger partial charge in [0, 0.05) is 17.1 Å². The van der Waals surface area contributed by atoms with Gasteiger partial charge in [0.25, 0.3) is 5.91 Å². The zero-order valence-electron chi connectivity index (χ0n) is 15.8. The van der Waals surface area contributed by atoms with Crippen molar-refractivity contribution in [3.8, 4) is 11.1 Å². The molecule has 0 aliphatic carbocycles. The van der Waals surface area contributed by atoms with Gasteiger partial charge in [0.05, 0.1) is 16.9 Å². The number of nitrogens with one attached hydrogen (secondary N) is 1. The molecule has 9 heteroatoms. The van der Waals surface area contributed by atoms with E-state index in [1.54, 1.807) is 18.2 Å². The van der Waals surface area contributed by atoms with Crippen LogP contribution in [0.1, 0.15) is 21.5 Å². The lowest BCUT2D eigenvalue weighted by Crippen LogP contribution is -2.31. The third-order valence-corrected chi connectivity index (χ3v) is 5.23. The lowest BCUT2D eigenvalue weighted by Gasteiger charge is -2.23. The SMILES string of the molecule is NC(=O)N(c1cccc(Cl)c1)c1ccc(-c2cccc3c2CNC3=O)c(C(F)(F)F)c1. The molecular weight excluding hydrogens is 431 g/mol. The second kappa shape index (κ2) is 7.63. The molecule has 4 rings (SSSR count). The number of halogens is 4. The van der Waals surface area contributed by atoms with E-state index in [-0.39, 0.29) is 29.4 Å². The number of amides is 3. The van der Waals surface area contributed by atoms with E-state index in [1.807, 2.05) is 0 Å². The van der Waals surface area contributed by atoms with Crippen molar-refractivity contribution in [3.63, 3.8) is 0 Å². The maximum Gasteiger partial charge on any atom is 0.417 e. The smallest absolute Gasteiger partial charge is 0.351 e. The zero-order chi connectivity index (χ0) is 22.3. The minimum absolute atomic E-state index is 0.0624. The minimum Gasteiger partial charge on any atom is -0.351 e. The third kappa shape index (κ3) is 3.82. The molecule has 0 spiro atoms. The Labute approximate surface area is 180 Å². The molecule has 3 aromatic rings. The minimum atomic E-state index is -4.72. The van der Waals surface area contributed by atoms with E-state index in [4.69, 9.17) is 17.3 Å². The number of carbonyl (C=O) groups is 2. The molecular formula is C22H15ClF3N3O2. The average Bonchev–Trinajstić information content (AvgIpc) is 3.08. The Morgan fingerprint density at radius 1 is 0.968 bits per heavy atom. The Morgan fingerprint density at radius 2 is 1.65 bits per heavy atom. The quantitative estimate of drug-likeness (QED) is 0.559. The summed E-state index contributed by atoms with van der Waals surface area (Å²) in [6.45, 7) is 0.138. The normalized spacial score (nSPS) is 13.0. The number of primary amides is 1. The second-order valence-electron chi connectivity index (χ2n) is 6.90. The Hall–Kier alpha value is -3.52. The summed E-state index contributed by atoms with van der Waals surface area (Å²) >= 11 is 5.96. The summed E-state index contributed by atoms with van der Waals surface area (Å²) in [7, 11) is 0. The van der Waals surface area contributed by atoms with Gasteiger partial charge in [0.1, 0.15) is 0 Å². The Bertz CT molecular complexity index is 1210.